The van der Waals surface area contributed by atoms with Crippen molar-refractivity contribution in [1.29, 1.82) is 0 Å². The second kappa shape index (κ2) is 7.55. The maximum Gasteiger partial charge on any atom is 0.290 e. The van der Waals surface area contributed by atoms with Crippen LogP contribution in [0.3, 0.4) is 0 Å². The fourth-order valence-corrected chi connectivity index (χ4v) is 4.81. The highest BCUT2D eigenvalue weighted by Crippen LogP contribution is 2.40. The molecule has 0 saturated carbocycles. The van der Waals surface area contributed by atoms with Crippen LogP contribution in [0.2, 0.25) is 0 Å². The summed E-state index contributed by atoms with van der Waals surface area (Å²) in [7, 11) is 0. The molecule has 2 aliphatic heterocycles. The number of aromatic nitrogens is 2. The Balaban J connectivity index is 1.40. The number of aliphatic hydroxyl groups excluding tert-OH is 1. The number of aryl methyl sites for hydroxylation is 1. The SMILES string of the molecule is Cc1cc(C(=O)N[C@]2(C)CC3(CCN(Cc4cncs4)CC3)OC[C@H]2O)on1. The van der Waals surface area contributed by atoms with E-state index in [0.29, 0.717) is 12.1 Å². The van der Waals surface area contributed by atoms with Crippen LogP contribution in [0.4, 0.5) is 0 Å². The molecule has 2 atom stereocenters. The number of hydrogen-bond donors (Lipinski definition) is 2. The van der Waals surface area contributed by atoms with Crippen LogP contribution >= 0.6 is 11.3 Å². The lowest BCUT2D eigenvalue weighted by atomic mass is 9.74. The first-order chi connectivity index (χ1) is 13.4. The van der Waals surface area contributed by atoms with Gasteiger partial charge in [0.05, 0.1) is 29.0 Å². The molecule has 4 rings (SSSR count). The van der Waals surface area contributed by atoms with Crippen LogP contribution in [0.25, 0.3) is 0 Å². The van der Waals surface area contributed by atoms with Gasteiger partial charge in [0.15, 0.2) is 0 Å². The summed E-state index contributed by atoms with van der Waals surface area (Å²) in [5.74, 6) is -0.201. The molecule has 4 heterocycles. The maximum atomic E-state index is 12.6. The molecule has 0 unspecified atom stereocenters. The number of rotatable bonds is 4. The van der Waals surface area contributed by atoms with Crippen LogP contribution in [0.15, 0.2) is 22.3 Å². The average molecular weight is 407 g/mol. The van der Waals surface area contributed by atoms with Gasteiger partial charge in [0.2, 0.25) is 5.76 Å². The van der Waals surface area contributed by atoms with Crippen molar-refractivity contribution in [2.75, 3.05) is 19.7 Å². The van der Waals surface area contributed by atoms with E-state index in [2.05, 4.69) is 20.4 Å². The van der Waals surface area contributed by atoms with Gasteiger partial charge in [-0.3, -0.25) is 14.7 Å². The molecular weight excluding hydrogens is 380 g/mol. The summed E-state index contributed by atoms with van der Waals surface area (Å²) in [6.07, 6.45) is 3.44. The molecule has 9 heteroatoms. The molecule has 0 bridgehead atoms. The molecule has 152 valence electrons. The molecule has 28 heavy (non-hydrogen) atoms. The minimum atomic E-state index is -0.782. The lowest BCUT2D eigenvalue weighted by molar-refractivity contribution is -0.177. The van der Waals surface area contributed by atoms with Crippen molar-refractivity contribution in [3.05, 3.63) is 34.1 Å². The lowest BCUT2D eigenvalue weighted by Gasteiger charge is -2.51. The van der Waals surface area contributed by atoms with E-state index in [-0.39, 0.29) is 23.9 Å². The molecule has 2 fully saturated rings. The third kappa shape index (κ3) is 3.98. The summed E-state index contributed by atoms with van der Waals surface area (Å²) in [5.41, 5.74) is 1.39. The van der Waals surface area contributed by atoms with Gasteiger partial charge in [0.25, 0.3) is 5.91 Å². The number of amides is 1. The smallest absolute Gasteiger partial charge is 0.290 e. The maximum absolute atomic E-state index is 12.6. The van der Waals surface area contributed by atoms with Crippen molar-refractivity contribution < 1.29 is 19.2 Å². The van der Waals surface area contributed by atoms with E-state index in [9.17, 15) is 9.90 Å². The second-order valence-electron chi connectivity index (χ2n) is 8.13. The van der Waals surface area contributed by atoms with E-state index in [1.807, 2.05) is 18.6 Å². The monoisotopic (exact) mass is 406 g/mol. The fourth-order valence-electron chi connectivity index (χ4n) is 4.18. The van der Waals surface area contributed by atoms with Crippen molar-refractivity contribution in [3.63, 3.8) is 0 Å². The van der Waals surface area contributed by atoms with Gasteiger partial charge in [-0.25, -0.2) is 0 Å². The molecule has 8 nitrogen and oxygen atoms in total. The summed E-state index contributed by atoms with van der Waals surface area (Å²) >= 11 is 1.67. The van der Waals surface area contributed by atoms with Gasteiger partial charge in [0, 0.05) is 43.2 Å². The fraction of sp³-hybridized carbons (Fsp3) is 0.632. The normalized spacial score (nSPS) is 27.8. The summed E-state index contributed by atoms with van der Waals surface area (Å²) in [4.78, 5) is 20.4. The summed E-state index contributed by atoms with van der Waals surface area (Å²) in [5, 5.41) is 17.3. The molecule has 0 radical (unpaired) electrons. The Labute approximate surface area is 167 Å². The van der Waals surface area contributed by atoms with Crippen molar-refractivity contribution in [2.24, 2.45) is 0 Å². The number of nitrogens with one attached hydrogen (secondary N) is 1. The number of nitrogens with zero attached hydrogens (tertiary/aromatic N) is 3. The summed E-state index contributed by atoms with van der Waals surface area (Å²) in [6.45, 7) is 6.59. The largest absolute Gasteiger partial charge is 0.388 e. The quantitative estimate of drug-likeness (QED) is 0.798. The Hall–Kier alpha value is -1.81. The van der Waals surface area contributed by atoms with Crippen molar-refractivity contribution >= 4 is 17.2 Å². The number of hydrogen-bond acceptors (Lipinski definition) is 8. The molecule has 1 amide bonds. The van der Waals surface area contributed by atoms with Crippen molar-refractivity contribution in [2.45, 2.75) is 56.9 Å². The highest BCUT2D eigenvalue weighted by Gasteiger charge is 2.50. The predicted octanol–water partition coefficient (Wildman–Crippen LogP) is 1.74. The van der Waals surface area contributed by atoms with E-state index < -0.39 is 11.6 Å². The van der Waals surface area contributed by atoms with Crippen LogP contribution in [0, 0.1) is 6.92 Å². The number of ether oxygens (including phenoxy) is 1. The Morgan fingerprint density at radius 1 is 1.46 bits per heavy atom. The first-order valence-corrected chi connectivity index (χ1v) is 10.4. The molecular formula is C19H26N4O4S. The van der Waals surface area contributed by atoms with Crippen LogP contribution in [-0.4, -0.2) is 63.0 Å². The first-order valence-electron chi connectivity index (χ1n) is 9.55. The number of piperidine rings is 1. The van der Waals surface area contributed by atoms with E-state index in [0.717, 1.165) is 32.5 Å². The van der Waals surface area contributed by atoms with E-state index >= 15 is 0 Å². The molecule has 0 aliphatic carbocycles. The molecule has 2 aliphatic rings. The zero-order valence-corrected chi connectivity index (χ0v) is 17.0. The summed E-state index contributed by atoms with van der Waals surface area (Å²) in [6, 6.07) is 1.60. The topological polar surface area (TPSA) is 101 Å². The van der Waals surface area contributed by atoms with Crippen LogP contribution in [0.5, 0.6) is 0 Å². The minimum Gasteiger partial charge on any atom is -0.388 e. The minimum absolute atomic E-state index is 0.158. The highest BCUT2D eigenvalue weighted by molar-refractivity contribution is 7.09. The molecule has 2 aromatic rings. The lowest BCUT2D eigenvalue weighted by Crippen LogP contribution is -2.65. The van der Waals surface area contributed by atoms with Crippen LogP contribution in [0.1, 0.15) is 47.3 Å². The van der Waals surface area contributed by atoms with Crippen molar-refractivity contribution in [3.8, 4) is 0 Å². The standard InChI is InChI=1S/C19H26N4O4S/c1-13-7-15(27-22-13)17(25)21-18(2)11-19(26-10-16(18)24)3-5-23(6-4-19)9-14-8-20-12-28-14/h7-8,12,16,24H,3-6,9-11H2,1-2H3,(H,21,25)/t16-,18-/m1/s1. The third-order valence-corrected chi connectivity index (χ3v) is 6.62. The van der Waals surface area contributed by atoms with E-state index in [1.54, 1.807) is 24.3 Å². The average Bonchev–Trinajstić information content (AvgIpc) is 3.32. The Morgan fingerprint density at radius 3 is 2.89 bits per heavy atom. The van der Waals surface area contributed by atoms with Crippen molar-refractivity contribution in [1.82, 2.24) is 20.4 Å². The van der Waals surface area contributed by atoms with E-state index in [4.69, 9.17) is 9.26 Å². The van der Waals surface area contributed by atoms with Gasteiger partial charge in [-0.15, -0.1) is 11.3 Å². The van der Waals surface area contributed by atoms with Gasteiger partial charge in [-0.05, 0) is 26.7 Å². The number of likely N-dealkylation sites (tertiary alicyclic amines) is 1. The van der Waals surface area contributed by atoms with Gasteiger partial charge in [-0.2, -0.15) is 0 Å². The third-order valence-electron chi connectivity index (χ3n) is 5.85. The number of carbonyl (C=O) groups excluding carboxylic acids is 1. The Morgan fingerprint density at radius 2 is 2.25 bits per heavy atom. The molecule has 1 spiro atoms. The van der Waals surface area contributed by atoms with Gasteiger partial charge in [0.1, 0.15) is 6.10 Å². The van der Waals surface area contributed by atoms with Gasteiger partial charge >= 0.3 is 0 Å². The number of carbonyl (C=O) groups is 1. The number of thiazole rings is 1. The number of aliphatic hydroxyl groups is 1. The Kier molecular flexibility index (Phi) is 5.26. The molecule has 2 aromatic heterocycles. The summed E-state index contributed by atoms with van der Waals surface area (Å²) < 4.78 is 11.2. The van der Waals surface area contributed by atoms with E-state index in [1.165, 1.54) is 4.88 Å². The second-order valence-corrected chi connectivity index (χ2v) is 9.11. The highest BCUT2D eigenvalue weighted by atomic mass is 32.1. The molecule has 0 aromatic carbocycles. The zero-order chi connectivity index (χ0) is 19.8. The first kappa shape index (κ1) is 19.5. The van der Waals surface area contributed by atoms with Crippen LogP contribution < -0.4 is 5.32 Å². The van der Waals surface area contributed by atoms with Gasteiger partial charge < -0.3 is 19.7 Å². The molecule has 2 saturated heterocycles. The predicted molar refractivity (Wildman–Crippen MR) is 103 cm³/mol. The van der Waals surface area contributed by atoms with Crippen LogP contribution in [-0.2, 0) is 11.3 Å². The Bertz CT molecular complexity index is 816. The van der Waals surface area contributed by atoms with Gasteiger partial charge in [-0.1, -0.05) is 5.16 Å². The zero-order valence-electron chi connectivity index (χ0n) is 16.2. The molecule has 2 N–H and O–H groups in total.